The van der Waals surface area contributed by atoms with Crippen molar-refractivity contribution in [2.75, 3.05) is 18.0 Å². The van der Waals surface area contributed by atoms with Crippen molar-refractivity contribution >= 4 is 5.95 Å². The van der Waals surface area contributed by atoms with Crippen molar-refractivity contribution in [1.29, 1.82) is 0 Å². The Hall–Kier alpha value is -1.03. The van der Waals surface area contributed by atoms with Gasteiger partial charge in [0.05, 0.1) is 11.9 Å². The van der Waals surface area contributed by atoms with Crippen molar-refractivity contribution in [2.24, 2.45) is 0 Å². The molecule has 15 heavy (non-hydrogen) atoms. The first-order chi connectivity index (χ1) is 7.25. The van der Waals surface area contributed by atoms with E-state index in [1.54, 1.807) is 0 Å². The number of anilines is 1. The molecule has 0 bridgehead atoms. The van der Waals surface area contributed by atoms with Crippen molar-refractivity contribution in [3.05, 3.63) is 11.9 Å². The zero-order valence-electron chi connectivity index (χ0n) is 9.58. The second-order valence-electron chi connectivity index (χ2n) is 4.46. The van der Waals surface area contributed by atoms with Gasteiger partial charge in [-0.1, -0.05) is 13.8 Å². The smallest absolute Gasteiger partial charge is 0.202 e. The van der Waals surface area contributed by atoms with Gasteiger partial charge in [0, 0.05) is 25.7 Å². The van der Waals surface area contributed by atoms with Gasteiger partial charge in [0.2, 0.25) is 5.95 Å². The number of hydrogen-bond acceptors (Lipinski definition) is 3. The Morgan fingerprint density at radius 2 is 2.20 bits per heavy atom. The highest BCUT2D eigenvalue weighted by Crippen LogP contribution is 2.15. The van der Waals surface area contributed by atoms with Gasteiger partial charge in [0.1, 0.15) is 0 Å². The first-order valence-corrected chi connectivity index (χ1v) is 5.78. The predicted molar refractivity (Wildman–Crippen MR) is 62.0 cm³/mol. The van der Waals surface area contributed by atoms with Crippen LogP contribution in [0.25, 0.3) is 0 Å². The van der Waals surface area contributed by atoms with E-state index < -0.39 is 0 Å². The number of hydrogen-bond donors (Lipinski definition) is 2. The number of imidazole rings is 1. The second kappa shape index (κ2) is 4.66. The van der Waals surface area contributed by atoms with Gasteiger partial charge in [-0.2, -0.15) is 0 Å². The molecule has 0 aliphatic carbocycles. The molecule has 1 aliphatic rings. The van der Waals surface area contributed by atoms with Gasteiger partial charge >= 0.3 is 0 Å². The number of rotatable bonds is 4. The Labute approximate surface area is 91.1 Å². The Balaban J connectivity index is 1.91. The van der Waals surface area contributed by atoms with Gasteiger partial charge < -0.3 is 15.2 Å². The number of H-pyrrole nitrogens is 1. The molecule has 0 unspecified atom stereocenters. The monoisotopic (exact) mass is 208 g/mol. The maximum absolute atomic E-state index is 4.41. The van der Waals surface area contributed by atoms with E-state index in [4.69, 9.17) is 0 Å². The Morgan fingerprint density at radius 3 is 2.87 bits per heavy atom. The Morgan fingerprint density at radius 1 is 1.47 bits per heavy atom. The van der Waals surface area contributed by atoms with E-state index >= 15 is 0 Å². The SMILES string of the molecule is CC(C)NCc1cnc(N2CCCC2)[nH]1. The number of nitrogens with zero attached hydrogens (tertiary/aromatic N) is 2. The molecule has 0 saturated carbocycles. The van der Waals surface area contributed by atoms with E-state index in [0.29, 0.717) is 6.04 Å². The molecule has 0 atom stereocenters. The molecule has 2 N–H and O–H groups in total. The minimum atomic E-state index is 0.517. The third-order valence-electron chi connectivity index (χ3n) is 2.72. The van der Waals surface area contributed by atoms with Gasteiger partial charge in [0.25, 0.3) is 0 Å². The second-order valence-corrected chi connectivity index (χ2v) is 4.46. The van der Waals surface area contributed by atoms with Crippen LogP contribution in [-0.4, -0.2) is 29.1 Å². The molecule has 2 rings (SSSR count). The molecule has 1 aromatic heterocycles. The van der Waals surface area contributed by atoms with E-state index in [2.05, 4.69) is 34.0 Å². The molecular formula is C11H20N4. The summed E-state index contributed by atoms with van der Waals surface area (Å²) in [5.74, 6) is 1.04. The lowest BCUT2D eigenvalue weighted by molar-refractivity contribution is 0.582. The lowest BCUT2D eigenvalue weighted by Gasteiger charge is -2.12. The van der Waals surface area contributed by atoms with Crippen LogP contribution >= 0.6 is 0 Å². The first kappa shape index (κ1) is 10.5. The maximum atomic E-state index is 4.41. The zero-order valence-corrected chi connectivity index (χ0v) is 9.58. The van der Waals surface area contributed by atoms with Crippen molar-refractivity contribution in [2.45, 2.75) is 39.3 Å². The molecular weight excluding hydrogens is 188 g/mol. The molecule has 1 aromatic rings. The molecule has 0 spiro atoms. The van der Waals surface area contributed by atoms with Crippen LogP contribution in [0.5, 0.6) is 0 Å². The maximum Gasteiger partial charge on any atom is 0.202 e. The fraction of sp³-hybridized carbons (Fsp3) is 0.727. The lowest BCUT2D eigenvalue weighted by atomic mass is 10.4. The van der Waals surface area contributed by atoms with Crippen LogP contribution < -0.4 is 10.2 Å². The summed E-state index contributed by atoms with van der Waals surface area (Å²) in [4.78, 5) is 10.1. The zero-order chi connectivity index (χ0) is 10.7. The fourth-order valence-electron chi connectivity index (χ4n) is 1.84. The van der Waals surface area contributed by atoms with Crippen molar-refractivity contribution in [3.8, 4) is 0 Å². The summed E-state index contributed by atoms with van der Waals surface area (Å²) in [5, 5.41) is 3.38. The molecule has 1 saturated heterocycles. The van der Waals surface area contributed by atoms with Crippen LogP contribution in [0.3, 0.4) is 0 Å². The highest BCUT2D eigenvalue weighted by molar-refractivity contribution is 5.32. The number of aromatic amines is 1. The van der Waals surface area contributed by atoms with Gasteiger partial charge in [-0.05, 0) is 12.8 Å². The molecule has 1 fully saturated rings. The molecule has 0 aromatic carbocycles. The summed E-state index contributed by atoms with van der Waals surface area (Å²) < 4.78 is 0. The normalized spacial score (nSPS) is 16.6. The molecule has 0 radical (unpaired) electrons. The summed E-state index contributed by atoms with van der Waals surface area (Å²) in [7, 11) is 0. The summed E-state index contributed by atoms with van der Waals surface area (Å²) in [5.41, 5.74) is 1.17. The average molecular weight is 208 g/mol. The lowest BCUT2D eigenvalue weighted by Crippen LogP contribution is -2.22. The molecule has 2 heterocycles. The van der Waals surface area contributed by atoms with Crippen LogP contribution in [-0.2, 0) is 6.54 Å². The highest BCUT2D eigenvalue weighted by Gasteiger charge is 2.14. The van der Waals surface area contributed by atoms with E-state index in [0.717, 1.165) is 25.6 Å². The minimum absolute atomic E-state index is 0.517. The third kappa shape index (κ3) is 2.72. The van der Waals surface area contributed by atoms with Crippen LogP contribution in [0, 0.1) is 0 Å². The summed E-state index contributed by atoms with van der Waals surface area (Å²) >= 11 is 0. The molecule has 4 heteroatoms. The van der Waals surface area contributed by atoms with Gasteiger partial charge in [-0.3, -0.25) is 0 Å². The van der Waals surface area contributed by atoms with Gasteiger partial charge in [-0.25, -0.2) is 4.98 Å². The standard InChI is InChI=1S/C11H20N4/c1-9(2)12-7-10-8-13-11(14-10)15-5-3-4-6-15/h8-9,12H,3-7H2,1-2H3,(H,13,14). The van der Waals surface area contributed by atoms with E-state index in [-0.39, 0.29) is 0 Å². The highest BCUT2D eigenvalue weighted by atomic mass is 15.3. The van der Waals surface area contributed by atoms with Crippen LogP contribution in [0.15, 0.2) is 6.20 Å². The quantitative estimate of drug-likeness (QED) is 0.788. The van der Waals surface area contributed by atoms with Crippen molar-refractivity contribution in [1.82, 2.24) is 15.3 Å². The fourth-order valence-corrected chi connectivity index (χ4v) is 1.84. The largest absolute Gasteiger partial charge is 0.342 e. The Bertz CT molecular complexity index is 299. The summed E-state index contributed by atoms with van der Waals surface area (Å²) in [6.07, 6.45) is 4.52. The van der Waals surface area contributed by atoms with Crippen molar-refractivity contribution in [3.63, 3.8) is 0 Å². The first-order valence-electron chi connectivity index (χ1n) is 5.78. The number of nitrogens with one attached hydrogen (secondary N) is 2. The minimum Gasteiger partial charge on any atom is -0.342 e. The number of aromatic nitrogens is 2. The summed E-state index contributed by atoms with van der Waals surface area (Å²) in [6, 6.07) is 0.517. The van der Waals surface area contributed by atoms with Gasteiger partial charge in [-0.15, -0.1) is 0 Å². The topological polar surface area (TPSA) is 44.0 Å². The summed E-state index contributed by atoms with van der Waals surface area (Å²) in [6.45, 7) is 7.46. The average Bonchev–Trinajstić information content (AvgIpc) is 2.85. The predicted octanol–water partition coefficient (Wildman–Crippen LogP) is 1.51. The van der Waals surface area contributed by atoms with E-state index in [9.17, 15) is 0 Å². The van der Waals surface area contributed by atoms with E-state index in [1.807, 2.05) is 6.20 Å². The van der Waals surface area contributed by atoms with Crippen molar-refractivity contribution < 1.29 is 0 Å². The van der Waals surface area contributed by atoms with E-state index in [1.165, 1.54) is 18.5 Å². The third-order valence-corrected chi connectivity index (χ3v) is 2.72. The molecule has 4 nitrogen and oxygen atoms in total. The van der Waals surface area contributed by atoms with Crippen LogP contribution in [0.1, 0.15) is 32.4 Å². The van der Waals surface area contributed by atoms with Crippen LogP contribution in [0.4, 0.5) is 5.95 Å². The van der Waals surface area contributed by atoms with Crippen LogP contribution in [0.2, 0.25) is 0 Å². The molecule has 84 valence electrons. The Kier molecular flexibility index (Phi) is 3.26. The van der Waals surface area contributed by atoms with Gasteiger partial charge in [0.15, 0.2) is 0 Å². The molecule has 1 aliphatic heterocycles. The molecule has 0 amide bonds.